The van der Waals surface area contributed by atoms with Crippen LogP contribution in [0.1, 0.15) is 33.1 Å². The van der Waals surface area contributed by atoms with Crippen LogP contribution in [0.5, 0.6) is 5.88 Å². The van der Waals surface area contributed by atoms with Crippen LogP contribution in [0.2, 0.25) is 0 Å². The molecule has 0 radical (unpaired) electrons. The van der Waals surface area contributed by atoms with Crippen molar-refractivity contribution in [2.24, 2.45) is 0 Å². The van der Waals surface area contributed by atoms with Crippen LogP contribution in [-0.4, -0.2) is 27.9 Å². The summed E-state index contributed by atoms with van der Waals surface area (Å²) in [5.41, 5.74) is 0. The third kappa shape index (κ3) is 5.86. The standard InChI is InChI=1S/C12H20BrN3O/c1-3-9-17-11-6-8-15-12(16-11)14-7-5-10(13)4-2/h6,8,10H,3-5,7,9H2,1-2H3,(H,14,15,16). The van der Waals surface area contributed by atoms with Gasteiger partial charge in [0.25, 0.3) is 0 Å². The minimum absolute atomic E-state index is 0.550. The Bertz CT molecular complexity index is 322. The van der Waals surface area contributed by atoms with Crippen molar-refractivity contribution >= 4 is 21.9 Å². The highest BCUT2D eigenvalue weighted by atomic mass is 79.9. The van der Waals surface area contributed by atoms with E-state index in [1.807, 2.05) is 0 Å². The van der Waals surface area contributed by atoms with Gasteiger partial charge in [-0.05, 0) is 19.3 Å². The van der Waals surface area contributed by atoms with E-state index in [0.29, 0.717) is 23.3 Å². The Morgan fingerprint density at radius 2 is 2.29 bits per heavy atom. The van der Waals surface area contributed by atoms with Gasteiger partial charge in [0.2, 0.25) is 11.8 Å². The lowest BCUT2D eigenvalue weighted by Crippen LogP contribution is -2.10. The molecule has 0 fully saturated rings. The maximum atomic E-state index is 5.44. The highest BCUT2D eigenvalue weighted by Gasteiger charge is 2.02. The second-order valence-corrected chi connectivity index (χ2v) is 5.08. The molecule has 0 bridgehead atoms. The molecule has 0 saturated heterocycles. The summed E-state index contributed by atoms with van der Waals surface area (Å²) in [5.74, 6) is 1.27. The van der Waals surface area contributed by atoms with Crippen LogP contribution in [-0.2, 0) is 0 Å². The van der Waals surface area contributed by atoms with Crippen molar-refractivity contribution in [2.75, 3.05) is 18.5 Å². The molecule has 0 aliphatic rings. The van der Waals surface area contributed by atoms with Crippen molar-refractivity contribution in [3.8, 4) is 5.88 Å². The molecule has 5 heteroatoms. The largest absolute Gasteiger partial charge is 0.478 e. The molecule has 17 heavy (non-hydrogen) atoms. The Hall–Kier alpha value is -0.840. The SMILES string of the molecule is CCCOc1ccnc(NCCC(Br)CC)n1. The van der Waals surface area contributed by atoms with Gasteiger partial charge in [-0.15, -0.1) is 0 Å². The maximum Gasteiger partial charge on any atom is 0.225 e. The van der Waals surface area contributed by atoms with E-state index in [1.54, 1.807) is 12.3 Å². The van der Waals surface area contributed by atoms with Crippen molar-refractivity contribution in [2.45, 2.75) is 37.9 Å². The molecule has 0 saturated carbocycles. The first-order chi connectivity index (χ1) is 8.26. The lowest BCUT2D eigenvalue weighted by Gasteiger charge is -2.09. The quantitative estimate of drug-likeness (QED) is 0.749. The highest BCUT2D eigenvalue weighted by Crippen LogP contribution is 2.11. The molecule has 1 unspecified atom stereocenters. The number of hydrogen-bond donors (Lipinski definition) is 1. The molecule has 0 aromatic carbocycles. The van der Waals surface area contributed by atoms with Gasteiger partial charge in [0.15, 0.2) is 0 Å². The molecule has 96 valence electrons. The molecule has 1 rings (SSSR count). The second kappa shape index (κ2) is 8.28. The summed E-state index contributed by atoms with van der Waals surface area (Å²) in [6.07, 6.45) is 4.88. The van der Waals surface area contributed by atoms with E-state index < -0.39 is 0 Å². The van der Waals surface area contributed by atoms with E-state index >= 15 is 0 Å². The minimum atomic E-state index is 0.550. The van der Waals surface area contributed by atoms with E-state index in [4.69, 9.17) is 4.74 Å². The summed E-state index contributed by atoms with van der Waals surface area (Å²) >= 11 is 3.59. The van der Waals surface area contributed by atoms with Crippen LogP contribution in [0.15, 0.2) is 12.3 Å². The van der Waals surface area contributed by atoms with Crippen LogP contribution in [0.25, 0.3) is 0 Å². The average Bonchev–Trinajstić information content (AvgIpc) is 2.36. The Morgan fingerprint density at radius 3 is 3.00 bits per heavy atom. The van der Waals surface area contributed by atoms with Crippen LogP contribution < -0.4 is 10.1 Å². The highest BCUT2D eigenvalue weighted by molar-refractivity contribution is 9.09. The van der Waals surface area contributed by atoms with Crippen molar-refractivity contribution in [1.82, 2.24) is 9.97 Å². The normalized spacial score (nSPS) is 12.2. The van der Waals surface area contributed by atoms with E-state index in [1.165, 1.54) is 0 Å². The summed E-state index contributed by atoms with van der Waals surface area (Å²) in [5, 5.41) is 3.19. The van der Waals surface area contributed by atoms with Crippen LogP contribution in [0, 0.1) is 0 Å². The zero-order valence-corrected chi connectivity index (χ0v) is 12.0. The topological polar surface area (TPSA) is 47.0 Å². The van der Waals surface area contributed by atoms with Crippen molar-refractivity contribution in [3.05, 3.63) is 12.3 Å². The smallest absolute Gasteiger partial charge is 0.225 e. The number of ether oxygens (including phenoxy) is 1. The molecule has 1 N–H and O–H groups in total. The third-order valence-corrected chi connectivity index (χ3v) is 3.37. The number of nitrogens with one attached hydrogen (secondary N) is 1. The summed E-state index contributed by atoms with van der Waals surface area (Å²) < 4.78 is 5.44. The van der Waals surface area contributed by atoms with Crippen molar-refractivity contribution in [1.29, 1.82) is 0 Å². The number of halogens is 1. The molecule has 0 aliphatic heterocycles. The monoisotopic (exact) mass is 301 g/mol. The summed E-state index contributed by atoms with van der Waals surface area (Å²) in [6, 6.07) is 1.78. The lowest BCUT2D eigenvalue weighted by atomic mass is 10.2. The molecule has 0 aliphatic carbocycles. The molecule has 1 aromatic heterocycles. The molecule has 0 spiro atoms. The van der Waals surface area contributed by atoms with Crippen LogP contribution in [0.3, 0.4) is 0 Å². The Morgan fingerprint density at radius 1 is 1.47 bits per heavy atom. The van der Waals surface area contributed by atoms with Gasteiger partial charge in [0, 0.05) is 23.6 Å². The van der Waals surface area contributed by atoms with Gasteiger partial charge >= 0.3 is 0 Å². The molecule has 1 aromatic rings. The van der Waals surface area contributed by atoms with Crippen LogP contribution >= 0.6 is 15.9 Å². The number of aromatic nitrogens is 2. The van der Waals surface area contributed by atoms with Gasteiger partial charge in [-0.3, -0.25) is 0 Å². The zero-order valence-electron chi connectivity index (χ0n) is 10.4. The third-order valence-electron chi connectivity index (χ3n) is 2.27. The van der Waals surface area contributed by atoms with Gasteiger partial charge in [-0.2, -0.15) is 4.98 Å². The molecule has 4 nitrogen and oxygen atoms in total. The van der Waals surface area contributed by atoms with Crippen molar-refractivity contribution < 1.29 is 4.74 Å². The van der Waals surface area contributed by atoms with E-state index in [2.05, 4.69) is 45.1 Å². The number of rotatable bonds is 8. The maximum absolute atomic E-state index is 5.44. The minimum Gasteiger partial charge on any atom is -0.478 e. The fourth-order valence-corrected chi connectivity index (χ4v) is 1.49. The lowest BCUT2D eigenvalue weighted by molar-refractivity contribution is 0.305. The van der Waals surface area contributed by atoms with Gasteiger partial charge in [-0.25, -0.2) is 4.98 Å². The van der Waals surface area contributed by atoms with E-state index in [0.717, 1.165) is 25.8 Å². The fourth-order valence-electron chi connectivity index (χ4n) is 1.26. The number of anilines is 1. The molecule has 1 heterocycles. The summed E-state index contributed by atoms with van der Waals surface area (Å²) in [6.45, 7) is 5.78. The van der Waals surface area contributed by atoms with Gasteiger partial charge in [-0.1, -0.05) is 29.8 Å². The summed E-state index contributed by atoms with van der Waals surface area (Å²) in [4.78, 5) is 8.98. The average molecular weight is 302 g/mol. The Balaban J connectivity index is 2.37. The van der Waals surface area contributed by atoms with Crippen LogP contribution in [0.4, 0.5) is 5.95 Å². The Kier molecular flexibility index (Phi) is 6.93. The fraction of sp³-hybridized carbons (Fsp3) is 0.667. The number of hydrogen-bond acceptors (Lipinski definition) is 4. The molecule has 1 atom stereocenters. The zero-order chi connectivity index (χ0) is 12.5. The van der Waals surface area contributed by atoms with Crippen molar-refractivity contribution in [3.63, 3.8) is 0 Å². The second-order valence-electron chi connectivity index (χ2n) is 3.79. The first-order valence-electron chi connectivity index (χ1n) is 6.10. The molecular weight excluding hydrogens is 282 g/mol. The first-order valence-corrected chi connectivity index (χ1v) is 7.01. The predicted molar refractivity (Wildman–Crippen MR) is 73.9 cm³/mol. The van der Waals surface area contributed by atoms with Gasteiger partial charge in [0.05, 0.1) is 6.61 Å². The number of alkyl halides is 1. The molecular formula is C12H20BrN3O. The van der Waals surface area contributed by atoms with E-state index in [9.17, 15) is 0 Å². The summed E-state index contributed by atoms with van der Waals surface area (Å²) in [7, 11) is 0. The van der Waals surface area contributed by atoms with Gasteiger partial charge < -0.3 is 10.1 Å². The van der Waals surface area contributed by atoms with E-state index in [-0.39, 0.29) is 0 Å². The first kappa shape index (κ1) is 14.2. The number of nitrogens with zero attached hydrogens (tertiary/aromatic N) is 2. The Labute approximate surface area is 111 Å². The molecule has 0 amide bonds. The predicted octanol–water partition coefficient (Wildman–Crippen LogP) is 3.24. The van der Waals surface area contributed by atoms with Gasteiger partial charge in [0.1, 0.15) is 0 Å².